The van der Waals surface area contributed by atoms with Gasteiger partial charge in [0.25, 0.3) is 0 Å². The molecular weight excluding hydrogens is 260 g/mol. The minimum absolute atomic E-state index is 0.0717. The lowest BCUT2D eigenvalue weighted by Crippen LogP contribution is -2.68. The minimum atomic E-state index is -0.823. The van der Waals surface area contributed by atoms with Crippen molar-refractivity contribution in [3.63, 3.8) is 0 Å². The first-order chi connectivity index (χ1) is 9.46. The molecule has 5 rings (SSSR count). The molecule has 3 unspecified atom stereocenters. The van der Waals surface area contributed by atoms with Gasteiger partial charge in [0.2, 0.25) is 12.1 Å². The molecule has 0 N–H and O–H groups in total. The lowest BCUT2D eigenvalue weighted by Gasteiger charge is -2.56. The topological polar surface area (TPSA) is 54.0 Å². The van der Waals surface area contributed by atoms with E-state index in [2.05, 4.69) is 13.5 Å². The molecule has 4 aliphatic heterocycles. The third-order valence-electron chi connectivity index (χ3n) is 5.62. The molecule has 20 heavy (non-hydrogen) atoms. The summed E-state index contributed by atoms with van der Waals surface area (Å²) in [7, 11) is 0. The van der Waals surface area contributed by atoms with Gasteiger partial charge in [0.1, 0.15) is 0 Å². The van der Waals surface area contributed by atoms with Gasteiger partial charge in [-0.15, -0.1) is 0 Å². The van der Waals surface area contributed by atoms with Crippen molar-refractivity contribution in [1.29, 1.82) is 0 Å². The molecule has 1 aliphatic carbocycles. The molecule has 5 aliphatic rings. The Kier molecular flexibility index (Phi) is 2.46. The molecule has 5 fully saturated rings. The molecular formula is C15H20O5. The van der Waals surface area contributed by atoms with E-state index in [1.54, 1.807) is 0 Å². The van der Waals surface area contributed by atoms with Crippen LogP contribution in [0.1, 0.15) is 39.5 Å². The Bertz CT molecular complexity index is 489. The van der Waals surface area contributed by atoms with Crippen molar-refractivity contribution in [2.75, 3.05) is 0 Å². The zero-order chi connectivity index (χ0) is 14.1. The lowest BCUT2D eigenvalue weighted by atomic mass is 9.59. The predicted octanol–water partition coefficient (Wildman–Crippen LogP) is 2.32. The molecule has 110 valence electrons. The largest absolute Gasteiger partial charge is 0.429 e. The fraction of sp³-hybridized carbons (Fsp3) is 0.800. The second kappa shape index (κ2) is 3.84. The maximum absolute atomic E-state index is 12.0. The molecule has 4 heterocycles. The highest BCUT2D eigenvalue weighted by atomic mass is 17.3. The van der Waals surface area contributed by atoms with Crippen LogP contribution in [0.25, 0.3) is 0 Å². The number of rotatable bonds is 0. The minimum Gasteiger partial charge on any atom is -0.429 e. The Morgan fingerprint density at radius 3 is 2.85 bits per heavy atom. The van der Waals surface area contributed by atoms with Gasteiger partial charge in [-0.05, 0) is 32.1 Å². The first-order valence-corrected chi connectivity index (χ1v) is 7.41. The number of carbonyl (C=O) groups is 1. The first kappa shape index (κ1) is 12.8. The maximum Gasteiger partial charge on any atom is 0.336 e. The Labute approximate surface area is 118 Å². The van der Waals surface area contributed by atoms with Gasteiger partial charge in [0.05, 0.1) is 0 Å². The van der Waals surface area contributed by atoms with Crippen LogP contribution in [0.2, 0.25) is 0 Å². The van der Waals surface area contributed by atoms with Crippen LogP contribution in [0.15, 0.2) is 12.2 Å². The van der Waals surface area contributed by atoms with Crippen LogP contribution in [-0.2, 0) is 24.0 Å². The molecule has 4 saturated heterocycles. The Morgan fingerprint density at radius 2 is 2.05 bits per heavy atom. The fourth-order valence-corrected chi connectivity index (χ4v) is 4.46. The second-order valence-corrected chi connectivity index (χ2v) is 6.79. The van der Waals surface area contributed by atoms with Gasteiger partial charge in [-0.2, -0.15) is 0 Å². The average molecular weight is 280 g/mol. The third kappa shape index (κ3) is 1.41. The van der Waals surface area contributed by atoms with E-state index >= 15 is 0 Å². The van der Waals surface area contributed by atoms with Crippen LogP contribution < -0.4 is 0 Å². The summed E-state index contributed by atoms with van der Waals surface area (Å²) in [5.74, 6) is -0.501. The molecule has 1 saturated carbocycles. The quantitative estimate of drug-likeness (QED) is 0.387. The van der Waals surface area contributed by atoms with E-state index in [9.17, 15) is 4.79 Å². The van der Waals surface area contributed by atoms with E-state index < -0.39 is 17.7 Å². The molecule has 0 aromatic rings. The number of fused-ring (bicyclic) bond motifs is 2. The van der Waals surface area contributed by atoms with Crippen molar-refractivity contribution in [1.82, 2.24) is 0 Å². The summed E-state index contributed by atoms with van der Waals surface area (Å²) in [5.41, 5.74) is -0.213. The smallest absolute Gasteiger partial charge is 0.336 e. The highest BCUT2D eigenvalue weighted by Crippen LogP contribution is 2.59. The molecule has 0 amide bonds. The number of esters is 1. The number of carbonyl (C=O) groups excluding carboxylic acids is 1. The first-order valence-electron chi connectivity index (χ1n) is 7.41. The molecule has 0 aromatic heterocycles. The van der Waals surface area contributed by atoms with Crippen LogP contribution in [0.4, 0.5) is 0 Å². The number of ether oxygens (including phenoxy) is 2. The van der Waals surface area contributed by atoms with Gasteiger partial charge in [-0.1, -0.05) is 13.5 Å². The van der Waals surface area contributed by atoms with Crippen molar-refractivity contribution < 1.29 is 24.0 Å². The van der Waals surface area contributed by atoms with Gasteiger partial charge in [0, 0.05) is 23.8 Å². The molecule has 5 nitrogen and oxygen atoms in total. The van der Waals surface area contributed by atoms with E-state index in [0.717, 1.165) is 25.7 Å². The second-order valence-electron chi connectivity index (χ2n) is 6.79. The SMILES string of the molecule is C=C1C(=O)OC2OC3(C)CC[C@H]4[C@H](C)CC[C@@H]1C24OO3. The molecule has 2 bridgehead atoms. The Morgan fingerprint density at radius 1 is 1.25 bits per heavy atom. The van der Waals surface area contributed by atoms with E-state index in [1.807, 2.05) is 6.92 Å². The van der Waals surface area contributed by atoms with Crippen LogP contribution in [0, 0.1) is 17.8 Å². The van der Waals surface area contributed by atoms with E-state index in [-0.39, 0.29) is 17.8 Å². The van der Waals surface area contributed by atoms with Crippen LogP contribution >= 0.6 is 0 Å². The Hall–Kier alpha value is -0.910. The summed E-state index contributed by atoms with van der Waals surface area (Å²) in [6.07, 6.45) is 2.95. The van der Waals surface area contributed by atoms with E-state index in [0.29, 0.717) is 11.5 Å². The average Bonchev–Trinajstić information content (AvgIpc) is 2.63. The van der Waals surface area contributed by atoms with Gasteiger partial charge >= 0.3 is 5.97 Å². The van der Waals surface area contributed by atoms with Crippen molar-refractivity contribution in [2.45, 2.75) is 57.2 Å². The van der Waals surface area contributed by atoms with Gasteiger partial charge in [-0.3, -0.25) is 0 Å². The fourth-order valence-electron chi connectivity index (χ4n) is 4.46. The predicted molar refractivity (Wildman–Crippen MR) is 68.0 cm³/mol. The third-order valence-corrected chi connectivity index (χ3v) is 5.62. The monoisotopic (exact) mass is 280 g/mol. The van der Waals surface area contributed by atoms with E-state index in [4.69, 9.17) is 19.2 Å². The van der Waals surface area contributed by atoms with Gasteiger partial charge in [-0.25, -0.2) is 14.6 Å². The van der Waals surface area contributed by atoms with Crippen LogP contribution in [0.5, 0.6) is 0 Å². The standard InChI is InChI=1S/C15H20O5/c1-8-4-5-11-9(2)12(16)17-13-15(11)10(8)6-7-14(3,18-13)19-20-15/h8,10-11,13H,2,4-7H2,1,3H3/t8-,10+,11+,13?,14?,15?/m1/s1. The maximum atomic E-state index is 12.0. The van der Waals surface area contributed by atoms with Crippen molar-refractivity contribution in [3.05, 3.63) is 12.2 Å². The van der Waals surface area contributed by atoms with Crippen LogP contribution in [-0.4, -0.2) is 23.6 Å². The highest BCUT2D eigenvalue weighted by molar-refractivity contribution is 5.89. The summed E-state index contributed by atoms with van der Waals surface area (Å²) in [6.45, 7) is 8.00. The number of hydrogen-bond donors (Lipinski definition) is 0. The molecule has 5 heteroatoms. The van der Waals surface area contributed by atoms with Crippen molar-refractivity contribution in [2.24, 2.45) is 17.8 Å². The summed E-state index contributed by atoms with van der Waals surface area (Å²) < 4.78 is 11.5. The lowest BCUT2D eigenvalue weighted by molar-refractivity contribution is -0.554. The summed E-state index contributed by atoms with van der Waals surface area (Å²) >= 11 is 0. The highest BCUT2D eigenvalue weighted by Gasteiger charge is 2.69. The zero-order valence-electron chi connectivity index (χ0n) is 11.9. The molecule has 6 atom stereocenters. The van der Waals surface area contributed by atoms with Gasteiger partial charge in [0.15, 0.2) is 5.60 Å². The summed E-state index contributed by atoms with van der Waals surface area (Å²) in [4.78, 5) is 23.5. The molecule has 0 aromatic carbocycles. The summed E-state index contributed by atoms with van der Waals surface area (Å²) in [6, 6.07) is 0. The Balaban J connectivity index is 1.86. The molecule has 0 radical (unpaired) electrons. The van der Waals surface area contributed by atoms with E-state index in [1.165, 1.54) is 0 Å². The zero-order valence-corrected chi connectivity index (χ0v) is 11.9. The van der Waals surface area contributed by atoms with Crippen molar-refractivity contribution in [3.8, 4) is 0 Å². The normalized spacial score (nSPS) is 54.1. The van der Waals surface area contributed by atoms with Crippen molar-refractivity contribution >= 4 is 5.97 Å². The summed E-state index contributed by atoms with van der Waals surface area (Å²) in [5, 5.41) is 0. The number of hydrogen-bond acceptors (Lipinski definition) is 5. The molecule has 1 spiro atoms. The van der Waals surface area contributed by atoms with Crippen LogP contribution in [0.3, 0.4) is 0 Å². The van der Waals surface area contributed by atoms with Gasteiger partial charge < -0.3 is 9.47 Å².